The Morgan fingerprint density at radius 2 is 1.47 bits per heavy atom. The molecule has 11 heteroatoms. The Morgan fingerprint density at radius 1 is 0.971 bits per heavy atom. The maximum absolute atomic E-state index is 14.1. The molecule has 0 N–H and O–H groups in total. The standard InChI is InChI=1S/C23H28NO8PS/c1-23(2,3)30-22(26)24-16-17(32-34(4,28)29)15-20(24)21(25)31-33(27,18-11-7-5-8-12-18)19-13-9-6-10-14-19/h5-14,17,20H,15-16H2,1-4H3/t17?,20-/m0/s1. The Bertz CT molecular complexity index is 1130. The van der Waals surface area contributed by atoms with Gasteiger partial charge >= 0.3 is 19.4 Å². The number of hydrogen-bond donors (Lipinski definition) is 0. The maximum Gasteiger partial charge on any atom is 0.411 e. The van der Waals surface area contributed by atoms with Crippen molar-refractivity contribution in [2.45, 2.75) is 44.9 Å². The Kier molecular flexibility index (Phi) is 7.55. The molecule has 2 atom stereocenters. The fraction of sp³-hybridized carbons (Fsp3) is 0.391. The van der Waals surface area contributed by atoms with Crippen LogP contribution < -0.4 is 10.6 Å². The van der Waals surface area contributed by atoms with Gasteiger partial charge in [-0.25, -0.2) is 9.59 Å². The lowest BCUT2D eigenvalue weighted by atomic mass is 10.2. The first-order valence-electron chi connectivity index (χ1n) is 10.6. The second kappa shape index (κ2) is 9.90. The predicted molar refractivity (Wildman–Crippen MR) is 127 cm³/mol. The largest absolute Gasteiger partial charge is 0.444 e. The van der Waals surface area contributed by atoms with Crippen LogP contribution in [0.25, 0.3) is 0 Å². The molecule has 0 aliphatic carbocycles. The summed E-state index contributed by atoms with van der Waals surface area (Å²) in [5.74, 6) is -0.943. The molecule has 1 fully saturated rings. The molecule has 1 saturated heterocycles. The number of carbonyl (C=O) groups is 2. The van der Waals surface area contributed by atoms with E-state index in [4.69, 9.17) is 13.4 Å². The Labute approximate surface area is 199 Å². The van der Waals surface area contributed by atoms with Crippen LogP contribution in [0.4, 0.5) is 4.79 Å². The van der Waals surface area contributed by atoms with E-state index in [9.17, 15) is 22.6 Å². The molecule has 9 nitrogen and oxygen atoms in total. The fourth-order valence-electron chi connectivity index (χ4n) is 3.55. The number of likely N-dealkylation sites (tertiary alicyclic amines) is 1. The zero-order valence-electron chi connectivity index (χ0n) is 19.4. The fourth-order valence-corrected chi connectivity index (χ4v) is 6.20. The summed E-state index contributed by atoms with van der Waals surface area (Å²) in [5, 5.41) is 0.612. The van der Waals surface area contributed by atoms with Crippen molar-refractivity contribution in [2.24, 2.45) is 0 Å². The van der Waals surface area contributed by atoms with Gasteiger partial charge in [0.15, 0.2) is 0 Å². The second-order valence-corrected chi connectivity index (χ2v) is 12.9. The van der Waals surface area contributed by atoms with Gasteiger partial charge in [0.1, 0.15) is 11.6 Å². The van der Waals surface area contributed by atoms with E-state index in [0.717, 1.165) is 11.2 Å². The molecule has 3 rings (SSSR count). The molecule has 1 heterocycles. The topological polar surface area (TPSA) is 116 Å². The molecule has 0 aromatic heterocycles. The molecule has 1 amide bonds. The third kappa shape index (κ3) is 6.46. The van der Waals surface area contributed by atoms with E-state index in [2.05, 4.69) is 0 Å². The van der Waals surface area contributed by atoms with Crippen LogP contribution in [0.3, 0.4) is 0 Å². The van der Waals surface area contributed by atoms with Gasteiger partial charge < -0.3 is 9.26 Å². The molecule has 0 spiro atoms. The summed E-state index contributed by atoms with van der Waals surface area (Å²) in [5.41, 5.74) is -0.856. The van der Waals surface area contributed by atoms with Gasteiger partial charge in [-0.15, -0.1) is 0 Å². The average Bonchev–Trinajstić information content (AvgIpc) is 3.16. The van der Waals surface area contributed by atoms with Gasteiger partial charge in [0.25, 0.3) is 10.1 Å². The number of hydrogen-bond acceptors (Lipinski definition) is 8. The van der Waals surface area contributed by atoms with E-state index >= 15 is 0 Å². The molecule has 34 heavy (non-hydrogen) atoms. The van der Waals surface area contributed by atoms with Gasteiger partial charge in [-0.2, -0.15) is 8.42 Å². The number of ether oxygens (including phenoxy) is 1. The van der Waals surface area contributed by atoms with Crippen LogP contribution in [-0.2, 0) is 32.9 Å². The molecule has 2 aromatic rings. The van der Waals surface area contributed by atoms with Crippen LogP contribution in [0.15, 0.2) is 60.7 Å². The minimum atomic E-state index is -3.88. The van der Waals surface area contributed by atoms with Crippen molar-refractivity contribution in [1.29, 1.82) is 0 Å². The minimum Gasteiger partial charge on any atom is -0.444 e. The number of rotatable bonds is 6. The molecular weight excluding hydrogens is 481 g/mol. The van der Waals surface area contributed by atoms with Gasteiger partial charge in [-0.1, -0.05) is 36.4 Å². The van der Waals surface area contributed by atoms with Gasteiger partial charge in [-0.3, -0.25) is 13.6 Å². The normalized spacial score (nSPS) is 19.0. The first kappa shape index (κ1) is 25.9. The first-order chi connectivity index (χ1) is 15.8. The molecule has 1 aliphatic heterocycles. The molecule has 0 radical (unpaired) electrons. The van der Waals surface area contributed by atoms with E-state index in [1.165, 1.54) is 0 Å². The quantitative estimate of drug-likeness (QED) is 0.431. The lowest BCUT2D eigenvalue weighted by Gasteiger charge is -2.28. The van der Waals surface area contributed by atoms with Crippen molar-refractivity contribution in [1.82, 2.24) is 4.90 Å². The van der Waals surface area contributed by atoms with Crippen molar-refractivity contribution < 1.29 is 36.0 Å². The molecule has 0 saturated carbocycles. The summed E-state index contributed by atoms with van der Waals surface area (Å²) < 4.78 is 53.5. The van der Waals surface area contributed by atoms with E-state index < -0.39 is 47.3 Å². The third-order valence-electron chi connectivity index (χ3n) is 4.88. The highest BCUT2D eigenvalue weighted by Gasteiger charge is 2.46. The number of nitrogens with zero attached hydrogens (tertiary/aromatic N) is 1. The van der Waals surface area contributed by atoms with Crippen molar-refractivity contribution in [3.8, 4) is 0 Å². The van der Waals surface area contributed by atoms with Crippen LogP contribution in [0.5, 0.6) is 0 Å². The van der Waals surface area contributed by atoms with E-state index in [1.54, 1.807) is 81.4 Å². The van der Waals surface area contributed by atoms with E-state index in [-0.39, 0.29) is 13.0 Å². The van der Waals surface area contributed by atoms with Crippen molar-refractivity contribution in [3.05, 3.63) is 60.7 Å². The van der Waals surface area contributed by atoms with Gasteiger partial charge in [0.2, 0.25) is 0 Å². The highest BCUT2D eigenvalue weighted by atomic mass is 32.2. The van der Waals surface area contributed by atoms with Crippen molar-refractivity contribution >= 4 is 40.2 Å². The Hall–Kier alpha value is -2.68. The maximum atomic E-state index is 14.1. The van der Waals surface area contributed by atoms with E-state index in [1.807, 2.05) is 0 Å². The SMILES string of the molecule is CC(C)(C)OC(=O)N1CC(OS(C)(=O)=O)C[C@H]1C(=O)OP(=O)(c1ccccc1)c1ccccc1. The average molecular weight is 510 g/mol. The van der Waals surface area contributed by atoms with Crippen molar-refractivity contribution in [3.63, 3.8) is 0 Å². The highest BCUT2D eigenvalue weighted by molar-refractivity contribution is 7.86. The summed E-state index contributed by atoms with van der Waals surface area (Å²) in [6.07, 6.45) is -1.08. The smallest absolute Gasteiger partial charge is 0.411 e. The second-order valence-electron chi connectivity index (χ2n) is 8.94. The molecular formula is C23H28NO8PS. The summed E-state index contributed by atoms with van der Waals surface area (Å²) >= 11 is 0. The summed E-state index contributed by atoms with van der Waals surface area (Å²) in [4.78, 5) is 27.2. The van der Waals surface area contributed by atoms with Crippen LogP contribution >= 0.6 is 7.37 Å². The monoisotopic (exact) mass is 509 g/mol. The van der Waals surface area contributed by atoms with Gasteiger partial charge in [-0.05, 0) is 45.0 Å². The summed E-state index contributed by atoms with van der Waals surface area (Å²) in [7, 11) is -7.73. The molecule has 184 valence electrons. The lowest BCUT2D eigenvalue weighted by molar-refractivity contribution is -0.138. The van der Waals surface area contributed by atoms with Gasteiger partial charge in [0, 0.05) is 6.42 Å². The van der Waals surface area contributed by atoms with Crippen LogP contribution in [-0.4, -0.2) is 55.9 Å². The molecule has 0 bridgehead atoms. The van der Waals surface area contributed by atoms with Crippen molar-refractivity contribution in [2.75, 3.05) is 12.8 Å². The zero-order valence-corrected chi connectivity index (χ0v) is 21.1. The zero-order chi connectivity index (χ0) is 25.1. The third-order valence-corrected chi connectivity index (χ3v) is 7.90. The predicted octanol–water partition coefficient (Wildman–Crippen LogP) is 2.81. The van der Waals surface area contributed by atoms with Crippen LogP contribution in [0.2, 0.25) is 0 Å². The number of amides is 1. The Balaban J connectivity index is 1.94. The first-order valence-corrected chi connectivity index (χ1v) is 14.1. The minimum absolute atomic E-state index is 0.158. The van der Waals surface area contributed by atoms with Crippen LogP contribution in [0, 0.1) is 0 Å². The molecule has 1 unspecified atom stereocenters. The van der Waals surface area contributed by atoms with Crippen LogP contribution in [0.1, 0.15) is 27.2 Å². The highest BCUT2D eigenvalue weighted by Crippen LogP contribution is 2.45. The van der Waals surface area contributed by atoms with E-state index in [0.29, 0.717) is 10.6 Å². The Morgan fingerprint density at radius 3 is 1.91 bits per heavy atom. The van der Waals surface area contributed by atoms with Gasteiger partial charge in [0.05, 0.1) is 29.5 Å². The summed E-state index contributed by atoms with van der Waals surface area (Å²) in [6, 6.07) is 15.3. The summed E-state index contributed by atoms with van der Waals surface area (Å²) in [6.45, 7) is 4.79. The number of benzene rings is 2. The number of carbonyl (C=O) groups excluding carboxylic acids is 2. The lowest BCUT2D eigenvalue weighted by Crippen LogP contribution is -2.44. The molecule has 1 aliphatic rings. The molecule has 2 aromatic carbocycles.